The molecular weight excluding hydrogens is 392 g/mol. The minimum atomic E-state index is -3.79. The topological polar surface area (TPSA) is 124 Å². The summed E-state index contributed by atoms with van der Waals surface area (Å²) in [6.45, 7) is 6.28. The zero-order chi connectivity index (χ0) is 20.0. The van der Waals surface area contributed by atoms with Crippen molar-refractivity contribution in [2.24, 2.45) is 0 Å². The highest BCUT2D eigenvalue weighted by Gasteiger charge is 2.52. The zero-order valence-electron chi connectivity index (χ0n) is 15.6. The third-order valence-corrected chi connectivity index (χ3v) is 4.83. The van der Waals surface area contributed by atoms with Crippen molar-refractivity contribution < 1.29 is 44.1 Å². The van der Waals surface area contributed by atoms with E-state index in [2.05, 4.69) is 0 Å². The van der Waals surface area contributed by atoms with Crippen molar-refractivity contribution in [1.82, 2.24) is 0 Å². The van der Waals surface area contributed by atoms with Crippen molar-refractivity contribution in [3.8, 4) is 0 Å². The van der Waals surface area contributed by atoms with Crippen LogP contribution in [-0.2, 0) is 47.5 Å². The van der Waals surface area contributed by atoms with Crippen LogP contribution in [0.15, 0.2) is 0 Å². The molecule has 0 amide bonds. The Morgan fingerprint density at radius 2 is 1.46 bits per heavy atom. The van der Waals surface area contributed by atoms with Gasteiger partial charge in [0, 0.05) is 0 Å². The predicted molar refractivity (Wildman–Crippen MR) is 89.2 cm³/mol. The van der Waals surface area contributed by atoms with Crippen LogP contribution in [0.5, 0.6) is 0 Å². The predicted octanol–water partition coefficient (Wildman–Crippen LogP) is -0.0210. The molecule has 2 aliphatic heterocycles. The highest BCUT2D eigenvalue weighted by atomic mass is 32.2. The lowest BCUT2D eigenvalue weighted by molar-refractivity contribution is -0.318. The smallest absolute Gasteiger partial charge is 0.264 e. The Labute approximate surface area is 154 Å². The van der Waals surface area contributed by atoms with Gasteiger partial charge in [0.1, 0.15) is 24.4 Å². The fourth-order valence-corrected chi connectivity index (χ4v) is 3.86. The van der Waals surface area contributed by atoms with Crippen molar-refractivity contribution in [3.63, 3.8) is 0 Å². The highest BCUT2D eigenvalue weighted by Crippen LogP contribution is 2.37. The van der Waals surface area contributed by atoms with Crippen LogP contribution in [0.4, 0.5) is 0 Å². The summed E-state index contributed by atoms with van der Waals surface area (Å²) in [5, 5.41) is 0. The molecule has 2 aliphatic rings. The first-order valence-corrected chi connectivity index (χ1v) is 11.6. The van der Waals surface area contributed by atoms with E-state index in [1.165, 1.54) is 0 Å². The van der Waals surface area contributed by atoms with E-state index in [0.717, 1.165) is 12.5 Å². The molecule has 4 atom stereocenters. The Kier molecular flexibility index (Phi) is 6.12. The Morgan fingerprint density at radius 3 is 2.00 bits per heavy atom. The molecule has 154 valence electrons. The van der Waals surface area contributed by atoms with E-state index in [-0.39, 0.29) is 13.2 Å². The van der Waals surface area contributed by atoms with E-state index in [4.69, 9.17) is 27.3 Å². The van der Waals surface area contributed by atoms with E-state index in [9.17, 15) is 16.8 Å². The second kappa shape index (κ2) is 7.24. The molecule has 0 spiro atoms. The molecule has 10 nitrogen and oxygen atoms in total. The van der Waals surface area contributed by atoms with E-state index in [1.54, 1.807) is 27.7 Å². The van der Waals surface area contributed by atoms with Gasteiger partial charge in [-0.05, 0) is 27.7 Å². The Morgan fingerprint density at radius 1 is 0.885 bits per heavy atom. The van der Waals surface area contributed by atoms with E-state index >= 15 is 0 Å². The van der Waals surface area contributed by atoms with Gasteiger partial charge in [-0.25, -0.2) is 0 Å². The number of rotatable bonds is 6. The van der Waals surface area contributed by atoms with Crippen LogP contribution in [0.3, 0.4) is 0 Å². The average Bonchev–Trinajstić information content (AvgIpc) is 2.71. The maximum atomic E-state index is 11.6. The van der Waals surface area contributed by atoms with Gasteiger partial charge < -0.3 is 18.9 Å². The monoisotopic (exact) mass is 418 g/mol. The first-order chi connectivity index (χ1) is 11.6. The zero-order valence-corrected chi connectivity index (χ0v) is 17.3. The molecule has 2 rings (SSSR count). The van der Waals surface area contributed by atoms with Gasteiger partial charge in [0.25, 0.3) is 20.2 Å². The molecule has 0 aliphatic carbocycles. The van der Waals surface area contributed by atoms with E-state index in [1.807, 2.05) is 0 Å². The summed E-state index contributed by atoms with van der Waals surface area (Å²) in [5.41, 5.74) is 0. The molecule has 2 unspecified atom stereocenters. The standard InChI is InChI=1S/C14H26O10S2/c1-13(2)19-7-10(24-26(6,17)18)12(22-13)11-9(8-20-25(5,15)16)21-14(3,4)23-11/h9-12H,7-8H2,1-6H3/t9-,10?,11?,12-/m1/s1. The van der Waals surface area contributed by atoms with Crippen molar-refractivity contribution >= 4 is 20.2 Å². The number of hydrogen-bond acceptors (Lipinski definition) is 10. The average molecular weight is 418 g/mol. The maximum Gasteiger partial charge on any atom is 0.264 e. The molecule has 2 saturated heterocycles. The van der Waals surface area contributed by atoms with Crippen molar-refractivity contribution in [1.29, 1.82) is 0 Å². The lowest BCUT2D eigenvalue weighted by Crippen LogP contribution is -2.57. The first kappa shape index (κ1) is 22.0. The molecule has 0 N–H and O–H groups in total. The van der Waals surface area contributed by atoms with E-state index < -0.39 is 56.2 Å². The van der Waals surface area contributed by atoms with Gasteiger partial charge in [0.2, 0.25) is 0 Å². The minimum absolute atomic E-state index is 0.0509. The van der Waals surface area contributed by atoms with Crippen molar-refractivity contribution in [2.45, 2.75) is 63.7 Å². The van der Waals surface area contributed by atoms with E-state index in [0.29, 0.717) is 0 Å². The second-order valence-corrected chi connectivity index (χ2v) is 10.5. The lowest BCUT2D eigenvalue weighted by Gasteiger charge is -2.42. The molecule has 0 aromatic rings. The number of hydrogen-bond donors (Lipinski definition) is 0. The molecule has 0 radical (unpaired) electrons. The van der Waals surface area contributed by atoms with Gasteiger partial charge in [0.15, 0.2) is 11.6 Å². The summed E-state index contributed by atoms with van der Waals surface area (Å²) >= 11 is 0. The number of ether oxygens (including phenoxy) is 4. The molecule has 2 heterocycles. The van der Waals surface area contributed by atoms with Crippen molar-refractivity contribution in [2.75, 3.05) is 25.7 Å². The maximum absolute atomic E-state index is 11.6. The van der Waals surface area contributed by atoms with Crippen LogP contribution in [-0.4, -0.2) is 78.6 Å². The van der Waals surface area contributed by atoms with Crippen molar-refractivity contribution in [3.05, 3.63) is 0 Å². The van der Waals surface area contributed by atoms with Gasteiger partial charge in [-0.3, -0.25) is 8.37 Å². The molecule has 0 aromatic carbocycles. The molecule has 0 aromatic heterocycles. The molecular formula is C14H26O10S2. The summed E-state index contributed by atoms with van der Waals surface area (Å²) in [7, 11) is -7.49. The molecule has 12 heteroatoms. The Hall–Kier alpha value is -0.340. The Balaban J connectivity index is 2.27. The van der Waals surface area contributed by atoms with Crippen LogP contribution < -0.4 is 0 Å². The highest BCUT2D eigenvalue weighted by molar-refractivity contribution is 7.86. The van der Waals surface area contributed by atoms with Crippen LogP contribution in [0.2, 0.25) is 0 Å². The minimum Gasteiger partial charge on any atom is -0.348 e. The summed E-state index contributed by atoms with van der Waals surface area (Å²) in [6, 6.07) is 0. The summed E-state index contributed by atoms with van der Waals surface area (Å²) in [5.74, 6) is -2.06. The SMILES string of the molecule is CC1(C)OCC(OS(C)(=O)=O)[C@H](C2OC(C)(C)O[C@@H]2COS(C)(=O)=O)O1. The molecule has 0 saturated carbocycles. The first-order valence-electron chi connectivity index (χ1n) is 7.97. The Bertz CT molecular complexity index is 712. The fraction of sp³-hybridized carbons (Fsp3) is 1.00. The van der Waals surface area contributed by atoms with Gasteiger partial charge in [-0.2, -0.15) is 16.8 Å². The quantitative estimate of drug-likeness (QED) is 0.544. The van der Waals surface area contributed by atoms with Crippen LogP contribution >= 0.6 is 0 Å². The van der Waals surface area contributed by atoms with Gasteiger partial charge >= 0.3 is 0 Å². The summed E-state index contributed by atoms with van der Waals surface area (Å²) in [4.78, 5) is 0. The van der Waals surface area contributed by atoms with Gasteiger partial charge in [0.05, 0.1) is 25.7 Å². The van der Waals surface area contributed by atoms with Crippen LogP contribution in [0, 0.1) is 0 Å². The second-order valence-electron chi connectivity index (χ2n) is 7.26. The van der Waals surface area contributed by atoms with Gasteiger partial charge in [-0.1, -0.05) is 0 Å². The fourth-order valence-electron chi connectivity index (χ4n) is 2.86. The third kappa shape index (κ3) is 6.37. The normalized spacial score (nSPS) is 34.7. The van der Waals surface area contributed by atoms with Crippen LogP contribution in [0.1, 0.15) is 27.7 Å². The third-order valence-electron chi connectivity index (χ3n) is 3.67. The summed E-state index contributed by atoms with van der Waals surface area (Å²) in [6.07, 6.45) is -1.67. The van der Waals surface area contributed by atoms with Crippen LogP contribution in [0.25, 0.3) is 0 Å². The molecule has 0 bridgehead atoms. The molecule has 26 heavy (non-hydrogen) atoms. The lowest BCUT2D eigenvalue weighted by atomic mass is 10.0. The largest absolute Gasteiger partial charge is 0.348 e. The molecule has 2 fully saturated rings. The van der Waals surface area contributed by atoms with Gasteiger partial charge in [-0.15, -0.1) is 0 Å². The summed E-state index contributed by atoms with van der Waals surface area (Å²) < 4.78 is 78.6.